The van der Waals surface area contributed by atoms with Gasteiger partial charge in [0.25, 0.3) is 0 Å². The maximum Gasteiger partial charge on any atom is 0.127 e. The fraction of sp³-hybridized carbons (Fsp3) is 0.667. The van der Waals surface area contributed by atoms with Crippen LogP contribution in [0.1, 0.15) is 6.42 Å². The Labute approximate surface area is 151 Å². The van der Waals surface area contributed by atoms with E-state index in [4.69, 9.17) is 9.47 Å². The molecule has 0 spiro atoms. The minimum absolute atomic E-state index is 0.336. The van der Waals surface area contributed by atoms with Crippen LogP contribution in [-0.2, 0) is 9.47 Å². The standard InChI is InChI=1S/C18H26FNO6/c19-13-3-1-2-11(8-12(13)9-20-4-6-25-7-5-20)18-17(24)16(23)15(22)14(10-21)26-18/h1,3,8,14-18,21-24H,2,4-7,9-10H2. The molecule has 0 aromatic heterocycles. The Hall–Kier alpha value is -1.13. The molecule has 3 aliphatic rings. The minimum atomic E-state index is -1.45. The van der Waals surface area contributed by atoms with Crippen molar-refractivity contribution >= 4 is 0 Å². The van der Waals surface area contributed by atoms with Gasteiger partial charge in [0.15, 0.2) is 0 Å². The Kier molecular flexibility index (Phi) is 6.57. The Morgan fingerprint density at radius 1 is 1.12 bits per heavy atom. The molecule has 0 saturated carbocycles. The van der Waals surface area contributed by atoms with E-state index in [-0.39, 0.29) is 5.83 Å². The van der Waals surface area contributed by atoms with Crippen LogP contribution in [0, 0.1) is 0 Å². The maximum atomic E-state index is 14.4. The SMILES string of the molecule is OCC1OC(C2=CC(CN3CCOCC3)=C(F)C=CC2)C(O)C(O)C1O. The second-order valence-corrected chi connectivity index (χ2v) is 6.84. The fourth-order valence-corrected chi connectivity index (χ4v) is 3.48. The van der Waals surface area contributed by atoms with E-state index in [1.807, 2.05) is 0 Å². The van der Waals surface area contributed by atoms with Crippen LogP contribution in [0.3, 0.4) is 0 Å². The Morgan fingerprint density at radius 3 is 2.54 bits per heavy atom. The highest BCUT2D eigenvalue weighted by Gasteiger charge is 2.44. The lowest BCUT2D eigenvalue weighted by atomic mass is 9.89. The van der Waals surface area contributed by atoms with Crippen LogP contribution in [0.5, 0.6) is 0 Å². The van der Waals surface area contributed by atoms with Crippen molar-refractivity contribution in [3.8, 4) is 0 Å². The lowest BCUT2D eigenvalue weighted by molar-refractivity contribution is -0.219. The normalized spacial score (nSPS) is 36.8. The summed E-state index contributed by atoms with van der Waals surface area (Å²) >= 11 is 0. The topological polar surface area (TPSA) is 103 Å². The predicted molar refractivity (Wildman–Crippen MR) is 91.0 cm³/mol. The molecule has 26 heavy (non-hydrogen) atoms. The number of allylic oxidation sites excluding steroid dienone is 3. The quantitative estimate of drug-likeness (QED) is 0.517. The molecule has 2 saturated heterocycles. The van der Waals surface area contributed by atoms with Crippen molar-refractivity contribution in [2.24, 2.45) is 0 Å². The molecule has 3 rings (SSSR count). The molecule has 7 nitrogen and oxygen atoms in total. The summed E-state index contributed by atoms with van der Waals surface area (Å²) in [6.45, 7) is 2.55. The van der Waals surface area contributed by atoms with Gasteiger partial charge in [-0.05, 0) is 18.1 Å². The van der Waals surface area contributed by atoms with Gasteiger partial charge in [-0.15, -0.1) is 0 Å². The third kappa shape index (κ3) is 4.23. The number of morpholine rings is 1. The molecule has 0 aromatic carbocycles. The molecule has 8 heteroatoms. The Bertz CT molecular complexity index is 584. The van der Waals surface area contributed by atoms with Gasteiger partial charge in [-0.2, -0.15) is 0 Å². The summed E-state index contributed by atoms with van der Waals surface area (Å²) in [6.07, 6.45) is -1.12. The molecule has 0 amide bonds. The summed E-state index contributed by atoms with van der Waals surface area (Å²) in [4.78, 5) is 2.08. The third-order valence-corrected chi connectivity index (χ3v) is 5.04. The number of ether oxygens (including phenoxy) is 2. The number of hydrogen-bond donors (Lipinski definition) is 4. The summed E-state index contributed by atoms with van der Waals surface area (Å²) in [6, 6.07) is 0. The summed E-state index contributed by atoms with van der Waals surface area (Å²) in [5.74, 6) is -0.351. The van der Waals surface area contributed by atoms with Crippen molar-refractivity contribution in [1.29, 1.82) is 0 Å². The van der Waals surface area contributed by atoms with Crippen LogP contribution in [-0.4, -0.2) is 95.3 Å². The van der Waals surface area contributed by atoms with Crippen molar-refractivity contribution in [3.05, 3.63) is 35.2 Å². The predicted octanol–water partition coefficient (Wildman–Crippen LogP) is -0.729. The van der Waals surface area contributed by atoms with E-state index >= 15 is 0 Å². The molecule has 4 N–H and O–H groups in total. The van der Waals surface area contributed by atoms with E-state index in [0.717, 1.165) is 0 Å². The number of rotatable bonds is 4. The highest BCUT2D eigenvalue weighted by atomic mass is 19.1. The first-order chi connectivity index (χ1) is 12.5. The van der Waals surface area contributed by atoms with Gasteiger partial charge in [0, 0.05) is 25.2 Å². The van der Waals surface area contributed by atoms with E-state index in [0.29, 0.717) is 50.4 Å². The van der Waals surface area contributed by atoms with Gasteiger partial charge < -0.3 is 29.9 Å². The van der Waals surface area contributed by atoms with E-state index in [9.17, 15) is 24.8 Å². The first-order valence-electron chi connectivity index (χ1n) is 8.87. The summed E-state index contributed by atoms with van der Waals surface area (Å²) in [5, 5.41) is 39.6. The first kappa shape index (κ1) is 19.6. The molecule has 2 heterocycles. The van der Waals surface area contributed by atoms with Crippen LogP contribution < -0.4 is 0 Å². The summed E-state index contributed by atoms with van der Waals surface area (Å²) in [5.41, 5.74) is 1.06. The number of aliphatic hydroxyl groups is 4. The van der Waals surface area contributed by atoms with E-state index in [1.165, 1.54) is 6.08 Å². The van der Waals surface area contributed by atoms with Crippen LogP contribution in [0.4, 0.5) is 4.39 Å². The zero-order valence-corrected chi connectivity index (χ0v) is 14.5. The van der Waals surface area contributed by atoms with E-state index in [1.54, 1.807) is 12.2 Å². The summed E-state index contributed by atoms with van der Waals surface area (Å²) < 4.78 is 25.4. The molecule has 2 fully saturated rings. The van der Waals surface area contributed by atoms with E-state index in [2.05, 4.69) is 4.90 Å². The summed E-state index contributed by atoms with van der Waals surface area (Å²) in [7, 11) is 0. The molecular weight excluding hydrogens is 345 g/mol. The largest absolute Gasteiger partial charge is 0.394 e. The van der Waals surface area contributed by atoms with Gasteiger partial charge in [-0.3, -0.25) is 4.90 Å². The highest BCUT2D eigenvalue weighted by molar-refractivity contribution is 5.38. The van der Waals surface area contributed by atoms with Crippen LogP contribution >= 0.6 is 0 Å². The number of aliphatic hydroxyl groups excluding tert-OH is 4. The first-order valence-corrected chi connectivity index (χ1v) is 8.87. The second-order valence-electron chi connectivity index (χ2n) is 6.84. The molecule has 146 valence electrons. The number of halogens is 1. The van der Waals surface area contributed by atoms with E-state index < -0.39 is 37.1 Å². The third-order valence-electron chi connectivity index (χ3n) is 5.04. The van der Waals surface area contributed by atoms with Crippen LogP contribution in [0.2, 0.25) is 0 Å². The smallest absolute Gasteiger partial charge is 0.127 e. The van der Waals surface area contributed by atoms with Crippen molar-refractivity contribution < 1.29 is 34.3 Å². The lowest BCUT2D eigenvalue weighted by Crippen LogP contribution is -2.58. The van der Waals surface area contributed by atoms with Gasteiger partial charge in [-0.25, -0.2) is 4.39 Å². The second kappa shape index (κ2) is 8.71. The molecule has 0 aromatic rings. The van der Waals surface area contributed by atoms with Gasteiger partial charge in [0.05, 0.1) is 19.8 Å². The zero-order chi connectivity index (χ0) is 18.7. The fourth-order valence-electron chi connectivity index (χ4n) is 3.48. The zero-order valence-electron chi connectivity index (χ0n) is 14.5. The average Bonchev–Trinajstić information content (AvgIpc) is 2.83. The van der Waals surface area contributed by atoms with Gasteiger partial charge in [-0.1, -0.05) is 12.2 Å². The molecule has 0 bridgehead atoms. The molecule has 5 atom stereocenters. The molecule has 5 unspecified atom stereocenters. The molecule has 1 aliphatic carbocycles. The van der Waals surface area contributed by atoms with Gasteiger partial charge in [0.1, 0.15) is 36.3 Å². The van der Waals surface area contributed by atoms with Crippen molar-refractivity contribution in [1.82, 2.24) is 4.90 Å². The molecule has 0 radical (unpaired) electrons. The molecule has 2 aliphatic heterocycles. The number of hydrogen-bond acceptors (Lipinski definition) is 7. The Balaban J connectivity index is 1.81. The van der Waals surface area contributed by atoms with Crippen molar-refractivity contribution in [3.63, 3.8) is 0 Å². The molecular formula is C18H26FNO6. The van der Waals surface area contributed by atoms with Gasteiger partial charge >= 0.3 is 0 Å². The highest BCUT2D eigenvalue weighted by Crippen LogP contribution is 2.30. The minimum Gasteiger partial charge on any atom is -0.394 e. The maximum absolute atomic E-state index is 14.4. The Morgan fingerprint density at radius 2 is 1.85 bits per heavy atom. The van der Waals surface area contributed by atoms with Crippen LogP contribution in [0.25, 0.3) is 0 Å². The van der Waals surface area contributed by atoms with Gasteiger partial charge in [0.2, 0.25) is 0 Å². The average molecular weight is 371 g/mol. The van der Waals surface area contributed by atoms with Crippen LogP contribution in [0.15, 0.2) is 35.2 Å². The number of nitrogens with zero attached hydrogens (tertiary/aromatic N) is 1. The monoisotopic (exact) mass is 371 g/mol. The lowest BCUT2D eigenvalue weighted by Gasteiger charge is -2.41. The van der Waals surface area contributed by atoms with Crippen molar-refractivity contribution in [2.45, 2.75) is 36.9 Å². The van der Waals surface area contributed by atoms with Crippen molar-refractivity contribution in [2.75, 3.05) is 39.5 Å².